The van der Waals surface area contributed by atoms with Crippen LogP contribution >= 0.6 is 11.6 Å². The van der Waals surface area contributed by atoms with Crippen LogP contribution in [0.25, 0.3) is 16.9 Å². The molecule has 104 valence electrons. The maximum absolute atomic E-state index is 11.1. The van der Waals surface area contributed by atoms with E-state index < -0.39 is 5.97 Å². The summed E-state index contributed by atoms with van der Waals surface area (Å²) in [5.74, 6) is -0.981. The van der Waals surface area contributed by atoms with Gasteiger partial charge in [0, 0.05) is 10.6 Å². The number of aromatic nitrogens is 3. The van der Waals surface area contributed by atoms with Crippen molar-refractivity contribution in [1.29, 1.82) is 0 Å². The fourth-order valence-electron chi connectivity index (χ4n) is 2.01. The standard InChI is InChI=1S/C15H10ClN3O2/c16-12-6-4-10(5-7-12)14-9-17-18-19(14)13-3-1-2-11(8-13)15(20)21/h1-9H,(H,20,21). The van der Waals surface area contributed by atoms with Gasteiger partial charge in [-0.15, -0.1) is 5.10 Å². The molecule has 1 heterocycles. The topological polar surface area (TPSA) is 68.0 Å². The average molecular weight is 300 g/mol. The van der Waals surface area contributed by atoms with Crippen molar-refractivity contribution in [2.24, 2.45) is 0 Å². The van der Waals surface area contributed by atoms with Gasteiger partial charge in [0.2, 0.25) is 0 Å². The molecule has 21 heavy (non-hydrogen) atoms. The number of nitrogens with zero attached hydrogens (tertiary/aromatic N) is 3. The maximum Gasteiger partial charge on any atom is 0.335 e. The first-order valence-corrected chi connectivity index (χ1v) is 6.53. The molecule has 0 aliphatic rings. The zero-order chi connectivity index (χ0) is 14.8. The molecule has 3 rings (SSSR count). The van der Waals surface area contributed by atoms with Crippen LogP contribution in [0.1, 0.15) is 10.4 Å². The number of carboxylic acid groups (broad SMARTS) is 1. The molecule has 3 aromatic rings. The van der Waals surface area contributed by atoms with Crippen LogP contribution < -0.4 is 0 Å². The smallest absolute Gasteiger partial charge is 0.335 e. The first-order valence-electron chi connectivity index (χ1n) is 6.15. The van der Waals surface area contributed by atoms with E-state index in [1.165, 1.54) is 6.07 Å². The highest BCUT2D eigenvalue weighted by Gasteiger charge is 2.10. The summed E-state index contributed by atoms with van der Waals surface area (Å²) in [5.41, 5.74) is 2.49. The van der Waals surface area contributed by atoms with Gasteiger partial charge in [0.15, 0.2) is 0 Å². The quantitative estimate of drug-likeness (QED) is 0.806. The molecule has 5 nitrogen and oxygen atoms in total. The zero-order valence-electron chi connectivity index (χ0n) is 10.8. The maximum atomic E-state index is 11.1. The minimum Gasteiger partial charge on any atom is -0.478 e. The Morgan fingerprint density at radius 1 is 1.14 bits per heavy atom. The van der Waals surface area contributed by atoms with E-state index in [0.717, 1.165) is 11.3 Å². The number of benzene rings is 2. The van der Waals surface area contributed by atoms with Gasteiger partial charge < -0.3 is 5.11 Å². The number of aromatic carboxylic acids is 1. The van der Waals surface area contributed by atoms with E-state index in [-0.39, 0.29) is 5.56 Å². The zero-order valence-corrected chi connectivity index (χ0v) is 11.5. The summed E-state index contributed by atoms with van der Waals surface area (Å²) in [4.78, 5) is 11.1. The summed E-state index contributed by atoms with van der Waals surface area (Å²) in [6, 6.07) is 13.8. The van der Waals surface area contributed by atoms with Crippen molar-refractivity contribution in [3.05, 3.63) is 65.3 Å². The number of carboxylic acids is 1. The molecular formula is C15H10ClN3O2. The van der Waals surface area contributed by atoms with Crippen LogP contribution in [0.5, 0.6) is 0 Å². The highest BCUT2D eigenvalue weighted by Crippen LogP contribution is 2.23. The van der Waals surface area contributed by atoms with Gasteiger partial charge >= 0.3 is 5.97 Å². The van der Waals surface area contributed by atoms with Crippen LogP contribution in [-0.2, 0) is 0 Å². The lowest BCUT2D eigenvalue weighted by molar-refractivity contribution is 0.0697. The molecule has 0 unspecified atom stereocenters. The summed E-state index contributed by atoms with van der Waals surface area (Å²) in [6.45, 7) is 0. The molecule has 6 heteroatoms. The first kappa shape index (κ1) is 13.3. The van der Waals surface area contributed by atoms with Gasteiger partial charge in [-0.05, 0) is 30.3 Å². The third-order valence-electron chi connectivity index (χ3n) is 3.03. The normalized spacial score (nSPS) is 10.5. The molecular weight excluding hydrogens is 290 g/mol. The predicted molar refractivity (Wildman–Crippen MR) is 78.8 cm³/mol. The third kappa shape index (κ3) is 2.64. The van der Waals surface area contributed by atoms with Crippen LogP contribution in [0.2, 0.25) is 5.02 Å². The fraction of sp³-hybridized carbons (Fsp3) is 0. The Morgan fingerprint density at radius 2 is 1.90 bits per heavy atom. The van der Waals surface area contributed by atoms with Gasteiger partial charge in [-0.25, -0.2) is 9.48 Å². The monoisotopic (exact) mass is 299 g/mol. The van der Waals surface area contributed by atoms with E-state index in [1.807, 2.05) is 12.1 Å². The average Bonchev–Trinajstić information content (AvgIpc) is 2.97. The van der Waals surface area contributed by atoms with E-state index in [0.29, 0.717) is 10.7 Å². The molecule has 0 spiro atoms. The molecule has 1 N–H and O–H groups in total. The second kappa shape index (κ2) is 5.38. The minimum absolute atomic E-state index is 0.199. The van der Waals surface area contributed by atoms with Gasteiger partial charge in [-0.2, -0.15) is 0 Å². The Kier molecular flexibility index (Phi) is 3.41. The Morgan fingerprint density at radius 3 is 2.62 bits per heavy atom. The summed E-state index contributed by atoms with van der Waals surface area (Å²) in [6.07, 6.45) is 1.62. The van der Waals surface area contributed by atoms with Crippen molar-refractivity contribution < 1.29 is 9.90 Å². The largest absolute Gasteiger partial charge is 0.478 e. The molecule has 1 aromatic heterocycles. The molecule has 0 atom stereocenters. The van der Waals surface area contributed by atoms with E-state index >= 15 is 0 Å². The highest BCUT2D eigenvalue weighted by molar-refractivity contribution is 6.30. The molecule has 0 radical (unpaired) electrons. The van der Waals surface area contributed by atoms with Crippen molar-refractivity contribution in [3.63, 3.8) is 0 Å². The van der Waals surface area contributed by atoms with E-state index in [1.54, 1.807) is 41.2 Å². The van der Waals surface area contributed by atoms with Crippen LogP contribution in [0.4, 0.5) is 0 Å². The molecule has 0 aliphatic carbocycles. The Bertz CT molecular complexity index is 797. The van der Waals surface area contributed by atoms with Crippen LogP contribution in [-0.4, -0.2) is 26.1 Å². The Labute approximate surface area is 125 Å². The highest BCUT2D eigenvalue weighted by atomic mass is 35.5. The summed E-state index contributed by atoms with van der Waals surface area (Å²) in [5, 5.41) is 17.6. The van der Waals surface area contributed by atoms with Crippen molar-refractivity contribution in [2.75, 3.05) is 0 Å². The van der Waals surface area contributed by atoms with E-state index in [4.69, 9.17) is 16.7 Å². The lowest BCUT2D eigenvalue weighted by atomic mass is 10.1. The number of hydrogen-bond donors (Lipinski definition) is 1. The summed E-state index contributed by atoms with van der Waals surface area (Å²) in [7, 11) is 0. The van der Waals surface area contributed by atoms with E-state index in [2.05, 4.69) is 10.3 Å². The minimum atomic E-state index is -0.981. The number of hydrogen-bond acceptors (Lipinski definition) is 3. The molecule has 0 saturated heterocycles. The second-order valence-electron chi connectivity index (χ2n) is 4.39. The summed E-state index contributed by atoms with van der Waals surface area (Å²) < 4.78 is 1.59. The second-order valence-corrected chi connectivity index (χ2v) is 4.83. The van der Waals surface area contributed by atoms with Crippen LogP contribution in [0.15, 0.2) is 54.7 Å². The fourth-order valence-corrected chi connectivity index (χ4v) is 2.14. The molecule has 2 aromatic carbocycles. The van der Waals surface area contributed by atoms with Gasteiger partial charge in [-0.3, -0.25) is 0 Å². The SMILES string of the molecule is O=C(O)c1cccc(-n2nncc2-c2ccc(Cl)cc2)c1. The number of halogens is 1. The van der Waals surface area contributed by atoms with Crippen molar-refractivity contribution in [2.45, 2.75) is 0 Å². The molecule has 0 amide bonds. The van der Waals surface area contributed by atoms with Crippen LogP contribution in [0.3, 0.4) is 0 Å². The third-order valence-corrected chi connectivity index (χ3v) is 3.28. The first-order chi connectivity index (χ1) is 10.1. The van der Waals surface area contributed by atoms with Crippen LogP contribution in [0, 0.1) is 0 Å². The van der Waals surface area contributed by atoms with Crippen molar-refractivity contribution >= 4 is 17.6 Å². The van der Waals surface area contributed by atoms with Crippen molar-refractivity contribution in [1.82, 2.24) is 15.0 Å². The van der Waals surface area contributed by atoms with E-state index in [9.17, 15) is 4.79 Å². The van der Waals surface area contributed by atoms with Gasteiger partial charge in [-0.1, -0.05) is 35.0 Å². The van der Waals surface area contributed by atoms with Gasteiger partial charge in [0.25, 0.3) is 0 Å². The molecule has 0 saturated carbocycles. The summed E-state index contributed by atoms with van der Waals surface area (Å²) >= 11 is 5.88. The number of rotatable bonds is 3. The van der Waals surface area contributed by atoms with Gasteiger partial charge in [0.05, 0.1) is 23.1 Å². The Hall–Kier alpha value is -2.66. The Balaban J connectivity index is 2.08. The lowest BCUT2D eigenvalue weighted by Crippen LogP contribution is -2.02. The lowest BCUT2D eigenvalue weighted by Gasteiger charge is -2.07. The molecule has 0 aliphatic heterocycles. The molecule has 0 fully saturated rings. The number of carbonyl (C=O) groups is 1. The van der Waals surface area contributed by atoms with Gasteiger partial charge in [0.1, 0.15) is 0 Å². The van der Waals surface area contributed by atoms with Crippen molar-refractivity contribution in [3.8, 4) is 16.9 Å². The predicted octanol–water partition coefficient (Wildman–Crippen LogP) is 3.29. The molecule has 0 bridgehead atoms.